The van der Waals surface area contributed by atoms with Crippen molar-refractivity contribution in [2.24, 2.45) is 7.05 Å². The number of imidazole rings is 1. The van der Waals surface area contributed by atoms with Crippen LogP contribution in [0, 0.1) is 5.82 Å². The quantitative estimate of drug-likeness (QED) is 0.803. The van der Waals surface area contributed by atoms with Crippen LogP contribution < -0.4 is 5.32 Å². The molecule has 0 aliphatic carbocycles. The van der Waals surface area contributed by atoms with Crippen LogP contribution in [0.1, 0.15) is 5.56 Å². The Hall–Kier alpha value is -2.69. The number of para-hydroxylation sites is 2. The summed E-state index contributed by atoms with van der Waals surface area (Å²) in [6.45, 7) is 0. The van der Waals surface area contributed by atoms with E-state index in [4.69, 9.17) is 0 Å². The van der Waals surface area contributed by atoms with Crippen molar-refractivity contribution in [3.05, 3.63) is 59.9 Å². The Bertz CT molecular complexity index is 793. The monoisotopic (exact) mass is 283 g/mol. The molecule has 21 heavy (non-hydrogen) atoms. The number of carbonyl (C=O) groups is 1. The summed E-state index contributed by atoms with van der Waals surface area (Å²) in [5.74, 6) is 0.0119. The molecule has 0 fully saturated rings. The van der Waals surface area contributed by atoms with Gasteiger partial charge in [0.1, 0.15) is 5.82 Å². The van der Waals surface area contributed by atoms with E-state index < -0.39 is 0 Å². The number of halogens is 1. The zero-order valence-corrected chi connectivity index (χ0v) is 11.5. The second-order valence-corrected chi connectivity index (χ2v) is 4.83. The SMILES string of the molecule is Cn1c(NC(=O)Cc2ccc(F)cc2)nc2ccccc21. The maximum Gasteiger partial charge on any atom is 0.231 e. The summed E-state index contributed by atoms with van der Waals surface area (Å²) in [5, 5.41) is 2.78. The number of aryl methyl sites for hydroxylation is 1. The Morgan fingerprint density at radius 3 is 2.62 bits per heavy atom. The second kappa shape index (κ2) is 5.36. The van der Waals surface area contributed by atoms with Crippen molar-refractivity contribution < 1.29 is 9.18 Å². The average molecular weight is 283 g/mol. The molecule has 0 unspecified atom stereocenters. The van der Waals surface area contributed by atoms with Gasteiger partial charge in [0.05, 0.1) is 17.5 Å². The van der Waals surface area contributed by atoms with Crippen molar-refractivity contribution in [3.8, 4) is 0 Å². The molecule has 1 aromatic heterocycles. The number of nitrogens with zero attached hydrogens (tertiary/aromatic N) is 2. The Balaban J connectivity index is 1.77. The first-order valence-electron chi connectivity index (χ1n) is 6.59. The topological polar surface area (TPSA) is 46.9 Å². The van der Waals surface area contributed by atoms with Gasteiger partial charge in [-0.1, -0.05) is 24.3 Å². The zero-order valence-electron chi connectivity index (χ0n) is 11.5. The molecule has 3 aromatic rings. The fraction of sp³-hybridized carbons (Fsp3) is 0.125. The van der Waals surface area contributed by atoms with E-state index >= 15 is 0 Å². The minimum Gasteiger partial charge on any atom is -0.313 e. The number of benzene rings is 2. The lowest BCUT2D eigenvalue weighted by molar-refractivity contribution is -0.115. The average Bonchev–Trinajstić information content (AvgIpc) is 2.78. The zero-order chi connectivity index (χ0) is 14.8. The number of hydrogen-bond donors (Lipinski definition) is 1. The van der Waals surface area contributed by atoms with Crippen LogP contribution in [0.25, 0.3) is 11.0 Å². The van der Waals surface area contributed by atoms with Crippen molar-refractivity contribution in [2.45, 2.75) is 6.42 Å². The van der Waals surface area contributed by atoms with Gasteiger partial charge in [0.2, 0.25) is 11.9 Å². The number of amides is 1. The summed E-state index contributed by atoms with van der Waals surface area (Å²) in [7, 11) is 1.85. The molecule has 0 aliphatic heterocycles. The number of anilines is 1. The molecule has 3 rings (SSSR count). The van der Waals surface area contributed by atoms with E-state index in [0.717, 1.165) is 16.6 Å². The number of fused-ring (bicyclic) bond motifs is 1. The van der Waals surface area contributed by atoms with Gasteiger partial charge in [0.25, 0.3) is 0 Å². The summed E-state index contributed by atoms with van der Waals surface area (Å²) in [6, 6.07) is 13.6. The van der Waals surface area contributed by atoms with Gasteiger partial charge in [0, 0.05) is 7.05 Å². The van der Waals surface area contributed by atoms with Gasteiger partial charge in [0.15, 0.2) is 0 Å². The number of nitrogens with one attached hydrogen (secondary N) is 1. The molecule has 0 bridgehead atoms. The van der Waals surface area contributed by atoms with E-state index in [1.54, 1.807) is 12.1 Å². The first-order valence-corrected chi connectivity index (χ1v) is 6.59. The first kappa shape index (κ1) is 13.3. The second-order valence-electron chi connectivity index (χ2n) is 4.83. The van der Waals surface area contributed by atoms with Gasteiger partial charge >= 0.3 is 0 Å². The minimum absolute atomic E-state index is 0.181. The summed E-state index contributed by atoms with van der Waals surface area (Å²) in [4.78, 5) is 16.4. The molecule has 5 heteroatoms. The van der Waals surface area contributed by atoms with Crippen LogP contribution in [0.2, 0.25) is 0 Å². The lowest BCUT2D eigenvalue weighted by Gasteiger charge is -2.05. The third kappa shape index (κ3) is 2.76. The van der Waals surface area contributed by atoms with Crippen molar-refractivity contribution in [3.63, 3.8) is 0 Å². The van der Waals surface area contributed by atoms with Gasteiger partial charge in [-0.25, -0.2) is 9.37 Å². The molecule has 0 radical (unpaired) electrons. The van der Waals surface area contributed by atoms with Crippen LogP contribution in [0.15, 0.2) is 48.5 Å². The summed E-state index contributed by atoms with van der Waals surface area (Å²) >= 11 is 0. The van der Waals surface area contributed by atoms with E-state index in [0.29, 0.717) is 5.95 Å². The molecule has 0 atom stereocenters. The molecule has 4 nitrogen and oxygen atoms in total. The van der Waals surface area contributed by atoms with E-state index in [2.05, 4.69) is 10.3 Å². The van der Waals surface area contributed by atoms with Crippen molar-refractivity contribution in [2.75, 3.05) is 5.32 Å². The molecule has 1 amide bonds. The lowest BCUT2D eigenvalue weighted by Crippen LogP contribution is -2.17. The Kier molecular flexibility index (Phi) is 3.39. The highest BCUT2D eigenvalue weighted by atomic mass is 19.1. The van der Waals surface area contributed by atoms with Crippen LogP contribution in [-0.4, -0.2) is 15.5 Å². The highest BCUT2D eigenvalue weighted by Gasteiger charge is 2.10. The molecule has 1 N–H and O–H groups in total. The van der Waals surface area contributed by atoms with Crippen LogP contribution in [0.4, 0.5) is 10.3 Å². The number of hydrogen-bond acceptors (Lipinski definition) is 2. The van der Waals surface area contributed by atoms with Crippen LogP contribution in [0.3, 0.4) is 0 Å². The third-order valence-electron chi connectivity index (χ3n) is 3.32. The van der Waals surface area contributed by atoms with E-state index in [1.165, 1.54) is 12.1 Å². The minimum atomic E-state index is -0.311. The molecule has 1 heterocycles. The van der Waals surface area contributed by atoms with Crippen LogP contribution in [-0.2, 0) is 18.3 Å². The molecule has 0 aliphatic rings. The molecule has 0 spiro atoms. The highest BCUT2D eigenvalue weighted by molar-refractivity contribution is 5.92. The maximum atomic E-state index is 12.8. The number of carbonyl (C=O) groups excluding carboxylic acids is 1. The van der Waals surface area contributed by atoms with Gasteiger partial charge in [-0.05, 0) is 29.8 Å². The van der Waals surface area contributed by atoms with Crippen LogP contribution in [0.5, 0.6) is 0 Å². The maximum absolute atomic E-state index is 12.8. The fourth-order valence-electron chi connectivity index (χ4n) is 2.21. The van der Waals surface area contributed by atoms with Gasteiger partial charge < -0.3 is 4.57 Å². The molecule has 2 aromatic carbocycles. The summed E-state index contributed by atoms with van der Waals surface area (Å²) in [6.07, 6.45) is 0.184. The Labute approximate surface area is 121 Å². The normalized spacial score (nSPS) is 10.8. The lowest BCUT2D eigenvalue weighted by atomic mass is 10.1. The number of rotatable bonds is 3. The van der Waals surface area contributed by atoms with Gasteiger partial charge in [-0.3, -0.25) is 10.1 Å². The third-order valence-corrected chi connectivity index (χ3v) is 3.32. The van der Waals surface area contributed by atoms with Gasteiger partial charge in [-0.2, -0.15) is 0 Å². The molecular formula is C16H14FN3O. The predicted octanol–water partition coefficient (Wildman–Crippen LogP) is 2.89. The molecule has 0 saturated carbocycles. The van der Waals surface area contributed by atoms with Gasteiger partial charge in [-0.15, -0.1) is 0 Å². The first-order chi connectivity index (χ1) is 10.1. The van der Waals surface area contributed by atoms with Crippen molar-refractivity contribution in [1.82, 2.24) is 9.55 Å². The standard InChI is InChI=1S/C16H14FN3O/c1-20-14-5-3-2-4-13(14)18-16(20)19-15(21)10-11-6-8-12(17)9-7-11/h2-9H,10H2,1H3,(H,18,19,21). The smallest absolute Gasteiger partial charge is 0.231 e. The Morgan fingerprint density at radius 1 is 1.19 bits per heavy atom. The van der Waals surface area contributed by atoms with E-state index in [1.807, 2.05) is 35.9 Å². The van der Waals surface area contributed by atoms with E-state index in [-0.39, 0.29) is 18.1 Å². The largest absolute Gasteiger partial charge is 0.313 e. The molecule has 106 valence electrons. The van der Waals surface area contributed by atoms with Crippen molar-refractivity contribution in [1.29, 1.82) is 0 Å². The summed E-state index contributed by atoms with van der Waals surface area (Å²) < 4.78 is 14.7. The van der Waals surface area contributed by atoms with Crippen molar-refractivity contribution >= 4 is 22.9 Å². The van der Waals surface area contributed by atoms with Crippen LogP contribution >= 0.6 is 0 Å². The summed E-state index contributed by atoms with van der Waals surface area (Å²) in [5.41, 5.74) is 2.54. The van der Waals surface area contributed by atoms with E-state index in [9.17, 15) is 9.18 Å². The fourth-order valence-corrected chi connectivity index (χ4v) is 2.21. The Morgan fingerprint density at radius 2 is 1.90 bits per heavy atom. The number of aromatic nitrogens is 2. The predicted molar refractivity (Wildman–Crippen MR) is 79.4 cm³/mol. The molecule has 0 saturated heterocycles. The highest BCUT2D eigenvalue weighted by Crippen LogP contribution is 2.17. The molecular weight excluding hydrogens is 269 g/mol.